The summed E-state index contributed by atoms with van der Waals surface area (Å²) in [5.74, 6) is -0.0528. The highest BCUT2D eigenvalue weighted by molar-refractivity contribution is 5.94. The lowest BCUT2D eigenvalue weighted by atomic mass is 10.1. The van der Waals surface area contributed by atoms with E-state index in [0.717, 1.165) is 11.1 Å². The predicted octanol–water partition coefficient (Wildman–Crippen LogP) is 5.35. The number of para-hydroxylation sites is 1. The van der Waals surface area contributed by atoms with Crippen LogP contribution in [-0.4, -0.2) is 17.3 Å². The molecule has 0 spiro atoms. The zero-order valence-electron chi connectivity index (χ0n) is 14.7. The van der Waals surface area contributed by atoms with Gasteiger partial charge in [0.1, 0.15) is 11.6 Å². The number of pyridine rings is 1. The Hall–Kier alpha value is -3.55. The highest BCUT2D eigenvalue weighted by Gasteiger charge is 2.31. The second-order valence-corrected chi connectivity index (χ2v) is 5.86. The summed E-state index contributed by atoms with van der Waals surface area (Å²) in [4.78, 5) is 15.6. The van der Waals surface area contributed by atoms with Crippen LogP contribution < -0.4 is 15.4 Å². The molecule has 0 radical (unpaired) electrons. The fourth-order valence-electron chi connectivity index (χ4n) is 2.58. The molecule has 0 bridgehead atoms. The number of benzene rings is 2. The van der Waals surface area contributed by atoms with E-state index in [4.69, 9.17) is 0 Å². The number of ether oxygens (including phenoxy) is 1. The molecule has 1 aromatic heterocycles. The van der Waals surface area contributed by atoms with Gasteiger partial charge in [-0.25, -0.2) is 4.98 Å². The Morgan fingerprint density at radius 3 is 2.50 bits per heavy atom. The largest absolute Gasteiger partial charge is 0.573 e. The van der Waals surface area contributed by atoms with Crippen molar-refractivity contribution in [2.45, 2.75) is 13.3 Å². The summed E-state index contributed by atoms with van der Waals surface area (Å²) in [6, 6.07) is 16.3. The van der Waals surface area contributed by atoms with Crippen LogP contribution in [0.25, 0.3) is 11.1 Å². The zero-order chi connectivity index (χ0) is 20.1. The molecule has 5 nitrogen and oxygen atoms in total. The molecule has 0 atom stereocenters. The van der Waals surface area contributed by atoms with E-state index in [0.29, 0.717) is 17.2 Å². The van der Waals surface area contributed by atoms with Crippen LogP contribution in [0.3, 0.4) is 0 Å². The summed E-state index contributed by atoms with van der Waals surface area (Å²) in [5, 5.41) is 5.69. The lowest BCUT2D eigenvalue weighted by Crippen LogP contribution is -2.17. The third kappa shape index (κ3) is 5.23. The summed E-state index contributed by atoms with van der Waals surface area (Å²) in [6.45, 7) is 1.43. The lowest BCUT2D eigenvalue weighted by molar-refractivity contribution is -0.274. The second kappa shape index (κ2) is 7.99. The third-order valence-electron chi connectivity index (χ3n) is 3.65. The predicted molar refractivity (Wildman–Crippen MR) is 100 cm³/mol. The van der Waals surface area contributed by atoms with Crippen LogP contribution in [0.1, 0.15) is 6.92 Å². The van der Waals surface area contributed by atoms with Crippen molar-refractivity contribution in [2.24, 2.45) is 0 Å². The fraction of sp³-hybridized carbons (Fsp3) is 0.100. The van der Waals surface area contributed by atoms with Crippen molar-refractivity contribution in [1.82, 2.24) is 4.98 Å². The van der Waals surface area contributed by atoms with E-state index in [1.165, 1.54) is 25.1 Å². The number of hydrogen-bond acceptors (Lipinski definition) is 4. The maximum Gasteiger partial charge on any atom is 0.573 e. The van der Waals surface area contributed by atoms with Gasteiger partial charge < -0.3 is 15.4 Å². The van der Waals surface area contributed by atoms with E-state index in [-0.39, 0.29) is 11.7 Å². The molecule has 2 N–H and O–H groups in total. The average molecular weight is 387 g/mol. The highest BCUT2D eigenvalue weighted by atomic mass is 19.4. The van der Waals surface area contributed by atoms with Gasteiger partial charge in [-0.1, -0.05) is 24.3 Å². The number of nitrogens with zero attached hydrogens (tertiary/aromatic N) is 1. The van der Waals surface area contributed by atoms with Gasteiger partial charge in [-0.05, 0) is 30.3 Å². The maximum atomic E-state index is 12.3. The summed E-state index contributed by atoms with van der Waals surface area (Å²) in [6.07, 6.45) is -3.14. The first-order valence-electron chi connectivity index (χ1n) is 8.26. The number of carbonyl (C=O) groups excluding carboxylic acids is 1. The highest BCUT2D eigenvalue weighted by Crippen LogP contribution is 2.29. The van der Waals surface area contributed by atoms with Gasteiger partial charge in [0.2, 0.25) is 5.91 Å². The molecular weight excluding hydrogens is 371 g/mol. The number of halogens is 3. The fourth-order valence-corrected chi connectivity index (χ4v) is 2.58. The van der Waals surface area contributed by atoms with E-state index in [2.05, 4.69) is 20.4 Å². The molecule has 0 unspecified atom stereocenters. The van der Waals surface area contributed by atoms with Crippen molar-refractivity contribution in [3.8, 4) is 16.9 Å². The molecule has 0 saturated heterocycles. The van der Waals surface area contributed by atoms with Gasteiger partial charge in [0.25, 0.3) is 0 Å². The van der Waals surface area contributed by atoms with Gasteiger partial charge in [-0.15, -0.1) is 13.2 Å². The average Bonchev–Trinajstić information content (AvgIpc) is 2.61. The van der Waals surface area contributed by atoms with Gasteiger partial charge in [0.15, 0.2) is 0 Å². The molecule has 3 rings (SSSR count). The van der Waals surface area contributed by atoms with Gasteiger partial charge in [0.05, 0.1) is 0 Å². The first kappa shape index (κ1) is 19.2. The molecule has 0 aliphatic heterocycles. The minimum Gasteiger partial charge on any atom is -0.406 e. The van der Waals surface area contributed by atoms with Gasteiger partial charge in [0, 0.05) is 41.7 Å². The first-order valence-corrected chi connectivity index (χ1v) is 8.26. The molecule has 2 aromatic carbocycles. The Morgan fingerprint density at radius 1 is 1.04 bits per heavy atom. The van der Waals surface area contributed by atoms with Crippen LogP contribution in [0.2, 0.25) is 0 Å². The van der Waals surface area contributed by atoms with E-state index >= 15 is 0 Å². The Labute approximate surface area is 159 Å². The number of amides is 1. The third-order valence-corrected chi connectivity index (χ3v) is 3.65. The molecule has 8 heteroatoms. The molecule has 0 fully saturated rings. The monoisotopic (exact) mass is 387 g/mol. The second-order valence-electron chi connectivity index (χ2n) is 5.86. The topological polar surface area (TPSA) is 63.2 Å². The van der Waals surface area contributed by atoms with Crippen molar-refractivity contribution in [2.75, 3.05) is 10.6 Å². The minimum absolute atomic E-state index is 0.181. The smallest absolute Gasteiger partial charge is 0.406 e. The van der Waals surface area contributed by atoms with Crippen LogP contribution in [-0.2, 0) is 4.79 Å². The maximum absolute atomic E-state index is 12.3. The normalized spacial score (nSPS) is 11.0. The quantitative estimate of drug-likeness (QED) is 0.620. The van der Waals surface area contributed by atoms with Crippen LogP contribution in [0.15, 0.2) is 66.9 Å². The standard InChI is InChI=1S/C20H16F3N3O2/c1-13(27)25-18-8-3-2-7-17(18)14-9-10-19(24-12-14)26-15-5-4-6-16(11-15)28-20(21,22)23/h2-12H,1H3,(H,24,26)(H,25,27). The molecule has 144 valence electrons. The van der Waals surface area contributed by atoms with Crippen LogP contribution in [0.5, 0.6) is 5.75 Å². The number of aromatic nitrogens is 1. The molecule has 0 aliphatic rings. The summed E-state index contributed by atoms with van der Waals surface area (Å²) < 4.78 is 40.9. The molecule has 1 heterocycles. The van der Waals surface area contributed by atoms with Gasteiger partial charge >= 0.3 is 6.36 Å². The number of hydrogen-bond donors (Lipinski definition) is 2. The molecule has 0 saturated carbocycles. The summed E-state index contributed by atoms with van der Waals surface area (Å²) in [5.41, 5.74) is 2.65. The first-order chi connectivity index (χ1) is 13.3. The van der Waals surface area contributed by atoms with E-state index in [1.54, 1.807) is 30.5 Å². The van der Waals surface area contributed by atoms with Gasteiger partial charge in [-0.2, -0.15) is 0 Å². The molecule has 1 amide bonds. The number of rotatable bonds is 5. The van der Waals surface area contributed by atoms with Crippen LogP contribution >= 0.6 is 0 Å². The number of alkyl halides is 3. The number of anilines is 3. The van der Waals surface area contributed by atoms with Crippen molar-refractivity contribution < 1.29 is 22.7 Å². The minimum atomic E-state index is -4.75. The van der Waals surface area contributed by atoms with Crippen molar-refractivity contribution >= 4 is 23.1 Å². The molecule has 28 heavy (non-hydrogen) atoms. The Balaban J connectivity index is 1.77. The van der Waals surface area contributed by atoms with Gasteiger partial charge in [-0.3, -0.25) is 4.79 Å². The molecule has 3 aromatic rings. The lowest BCUT2D eigenvalue weighted by Gasteiger charge is -2.12. The Morgan fingerprint density at radius 2 is 1.82 bits per heavy atom. The van der Waals surface area contributed by atoms with Crippen molar-refractivity contribution in [3.05, 3.63) is 66.9 Å². The van der Waals surface area contributed by atoms with Crippen molar-refractivity contribution in [3.63, 3.8) is 0 Å². The number of carbonyl (C=O) groups is 1. The zero-order valence-corrected chi connectivity index (χ0v) is 14.7. The number of nitrogens with one attached hydrogen (secondary N) is 2. The summed E-state index contributed by atoms with van der Waals surface area (Å²) >= 11 is 0. The molecule has 0 aliphatic carbocycles. The Bertz CT molecular complexity index is 973. The van der Waals surface area contributed by atoms with E-state index in [1.807, 2.05) is 18.2 Å². The van der Waals surface area contributed by atoms with Crippen LogP contribution in [0, 0.1) is 0 Å². The SMILES string of the molecule is CC(=O)Nc1ccccc1-c1ccc(Nc2cccc(OC(F)(F)F)c2)nc1. The van der Waals surface area contributed by atoms with E-state index in [9.17, 15) is 18.0 Å². The van der Waals surface area contributed by atoms with Crippen molar-refractivity contribution in [1.29, 1.82) is 0 Å². The van der Waals surface area contributed by atoms with Crippen LogP contribution in [0.4, 0.5) is 30.4 Å². The molecular formula is C20H16F3N3O2. The summed E-state index contributed by atoms with van der Waals surface area (Å²) in [7, 11) is 0. The Kier molecular flexibility index (Phi) is 5.49. The van der Waals surface area contributed by atoms with E-state index < -0.39 is 6.36 Å².